The monoisotopic (exact) mass is 488 g/mol. The summed E-state index contributed by atoms with van der Waals surface area (Å²) in [5, 5.41) is 0. The van der Waals surface area contributed by atoms with Crippen molar-refractivity contribution in [3.05, 3.63) is 6.92 Å². The summed E-state index contributed by atoms with van der Waals surface area (Å²) in [5.74, 6) is 0. The van der Waals surface area contributed by atoms with E-state index in [1.54, 1.807) is 0 Å². The first-order chi connectivity index (χ1) is 1.41. The molecule has 0 unspecified atom stereocenters. The first-order valence-corrected chi connectivity index (χ1v) is 0.644. The number of hydrogen-bond donors (Lipinski definition) is 0. The molecule has 8 heavy (non-hydrogen) atoms. The average molecular weight is 488 g/mol. The van der Waals surface area contributed by atoms with Crippen molar-refractivity contribution in [1.82, 2.24) is 0 Å². The zero-order valence-corrected chi connectivity index (χ0v) is 18.8. The minimum absolute atomic E-state index is 0. The maximum Gasteiger partial charge on any atom is 0 e. The van der Waals surface area contributed by atoms with Crippen molar-refractivity contribution in [3.63, 3.8) is 0 Å². The van der Waals surface area contributed by atoms with Gasteiger partial charge in [0.05, 0.1) is 0 Å². The molecule has 0 aliphatic heterocycles. The van der Waals surface area contributed by atoms with Crippen molar-refractivity contribution in [2.24, 2.45) is 0 Å². The Morgan fingerprint density at radius 2 is 0.875 bits per heavy atom. The Hall–Kier alpha value is 5.06. The molecule has 0 bridgehead atoms. The van der Waals surface area contributed by atoms with Gasteiger partial charge in [-0.3, -0.25) is 0 Å². The van der Waals surface area contributed by atoms with Gasteiger partial charge >= 0.3 is 0 Å². The molecule has 0 atom stereocenters. The molecule has 0 rings (SSSR count). The van der Waals surface area contributed by atoms with E-state index in [1.165, 1.54) is 0 Å². The maximum atomic E-state index is 8.69. The summed E-state index contributed by atoms with van der Waals surface area (Å²) in [6, 6.07) is 0. The Morgan fingerprint density at radius 1 is 0.875 bits per heavy atom. The molecule has 1 nitrogen and oxygen atoms in total. The zero-order valence-electron chi connectivity index (χ0n) is 4.58. The number of carbonyl (C=O) groups excluding carboxylic acids is 1. The predicted octanol–water partition coefficient (Wildman–Crippen LogP) is 0.00689. The predicted molar refractivity (Wildman–Crippen MR) is 11.4 cm³/mol. The van der Waals surface area contributed by atoms with Crippen LogP contribution in [0.25, 0.3) is 0 Å². The van der Waals surface area contributed by atoms with Crippen LogP contribution in [0, 0.1) is 6.92 Å². The molecule has 0 aromatic carbocycles. The van der Waals surface area contributed by atoms with Crippen molar-refractivity contribution in [3.8, 4) is 0 Å². The molecule has 0 aliphatic carbocycles. The molecule has 0 spiro atoms. The minimum atomic E-state index is 0. The van der Waals surface area contributed by atoms with Crippen LogP contribution < -0.4 is 0 Å². The molecule has 0 heterocycles. The summed E-state index contributed by atoms with van der Waals surface area (Å²) in [7, 11) is 0. The molecular formula is C2H3OY5-. The second-order valence-electron chi connectivity index (χ2n) is 0.167. The van der Waals surface area contributed by atoms with Gasteiger partial charge in [0.15, 0.2) is 0 Å². The van der Waals surface area contributed by atoms with Crippen LogP contribution in [0.4, 0.5) is 0 Å². The van der Waals surface area contributed by atoms with E-state index in [0.717, 1.165) is 0 Å². The Morgan fingerprint density at radius 3 is 0.875 bits per heavy atom. The van der Waals surface area contributed by atoms with Crippen molar-refractivity contribution < 1.29 is 168 Å². The molecule has 6 heteroatoms. The number of rotatable bonds is 0. The summed E-state index contributed by atoms with van der Waals surface area (Å²) in [5.41, 5.74) is 0. The second kappa shape index (κ2) is 40.2. The van der Waals surface area contributed by atoms with Gasteiger partial charge in [0.2, 0.25) is 0 Å². The largest absolute Gasteiger partial charge is 0.343 e. The van der Waals surface area contributed by atoms with E-state index in [1.807, 2.05) is 0 Å². The zero-order chi connectivity index (χ0) is 2.71. The standard InChI is InChI=1S/C2H3O.5Y/c1-2-3;;;;;/h2H,1H2;;;;;/q-1;;;;;. The second-order valence-corrected chi connectivity index (χ2v) is 0.167. The molecule has 0 amide bonds. The Balaban J connectivity index is -0.00000000200. The third-order valence-electron chi connectivity index (χ3n) is 0. The normalized spacial score (nSPS) is 1.50. The van der Waals surface area contributed by atoms with Gasteiger partial charge in [0.25, 0.3) is 0 Å². The van der Waals surface area contributed by atoms with Crippen LogP contribution in [0.1, 0.15) is 0 Å². The van der Waals surface area contributed by atoms with E-state index in [2.05, 4.69) is 6.92 Å². The third-order valence-corrected chi connectivity index (χ3v) is 0. The van der Waals surface area contributed by atoms with Crippen LogP contribution in [0.5, 0.6) is 0 Å². The fourth-order valence-corrected chi connectivity index (χ4v) is 0. The Kier molecular flexibility index (Phi) is 191. The molecule has 0 aromatic heterocycles. The maximum absolute atomic E-state index is 8.69. The molecule has 0 saturated heterocycles. The van der Waals surface area contributed by atoms with E-state index in [-0.39, 0.29) is 164 Å². The summed E-state index contributed by atoms with van der Waals surface area (Å²) < 4.78 is 0. The average Bonchev–Trinajstić information content (AvgIpc) is 0.918. The van der Waals surface area contributed by atoms with Crippen LogP contribution in [-0.4, -0.2) is 6.29 Å². The number of hydrogen-bond acceptors (Lipinski definition) is 1. The van der Waals surface area contributed by atoms with Crippen LogP contribution in [0.15, 0.2) is 0 Å². The van der Waals surface area contributed by atoms with E-state index < -0.39 is 0 Å². The molecular weight excluding hydrogens is 485 g/mol. The first-order valence-electron chi connectivity index (χ1n) is 0.644. The van der Waals surface area contributed by atoms with E-state index >= 15 is 0 Å². The van der Waals surface area contributed by atoms with Gasteiger partial charge in [-0.05, 0) is 6.29 Å². The van der Waals surface area contributed by atoms with Crippen molar-refractivity contribution >= 4 is 6.29 Å². The van der Waals surface area contributed by atoms with Gasteiger partial charge in [-0.1, -0.05) is 0 Å². The molecule has 0 aromatic rings. The molecule has 0 fully saturated rings. The van der Waals surface area contributed by atoms with Crippen molar-refractivity contribution in [2.75, 3.05) is 0 Å². The quantitative estimate of drug-likeness (QED) is 0.348. The SMILES string of the molecule is [CH2-]C=O.[Y].[Y].[Y].[Y].[Y]. The van der Waals surface area contributed by atoms with Crippen LogP contribution in [-0.2, 0) is 168 Å². The van der Waals surface area contributed by atoms with E-state index in [0.29, 0.717) is 6.29 Å². The number of aldehydes is 1. The summed E-state index contributed by atoms with van der Waals surface area (Å²) in [4.78, 5) is 8.69. The van der Waals surface area contributed by atoms with Crippen LogP contribution in [0.2, 0.25) is 0 Å². The molecule has 5 radical (unpaired) electrons. The summed E-state index contributed by atoms with van der Waals surface area (Å²) in [6.07, 6.45) is 0.500. The molecule has 0 saturated carbocycles. The van der Waals surface area contributed by atoms with Gasteiger partial charge in [-0.2, -0.15) is 0 Å². The van der Waals surface area contributed by atoms with Gasteiger partial charge in [-0.15, -0.1) is 0 Å². The molecule has 0 N–H and O–H groups in total. The fraction of sp³-hybridized carbons (Fsp3) is 0. The smallest absolute Gasteiger partial charge is 0 e. The van der Waals surface area contributed by atoms with Crippen molar-refractivity contribution in [1.29, 1.82) is 0 Å². The summed E-state index contributed by atoms with van der Waals surface area (Å²) in [6.45, 7) is 2.81. The van der Waals surface area contributed by atoms with E-state index in [9.17, 15) is 0 Å². The minimum Gasteiger partial charge on any atom is -0.343 e. The van der Waals surface area contributed by atoms with Gasteiger partial charge in [-0.25, -0.2) is 0 Å². The van der Waals surface area contributed by atoms with Crippen molar-refractivity contribution in [2.45, 2.75) is 0 Å². The van der Waals surface area contributed by atoms with Gasteiger partial charge in [0, 0.05) is 164 Å². The third kappa shape index (κ3) is 43.7. The topological polar surface area (TPSA) is 17.1 Å². The molecule has 0 aliphatic rings. The van der Waals surface area contributed by atoms with Gasteiger partial charge in [0.1, 0.15) is 0 Å². The van der Waals surface area contributed by atoms with Crippen LogP contribution >= 0.6 is 0 Å². The van der Waals surface area contributed by atoms with Crippen LogP contribution in [0.3, 0.4) is 0 Å². The van der Waals surface area contributed by atoms with Gasteiger partial charge < -0.3 is 11.7 Å². The van der Waals surface area contributed by atoms with E-state index in [4.69, 9.17) is 4.79 Å². The Bertz CT molecular complexity index is 17.9. The molecule has 33 valence electrons. The fourth-order valence-electron chi connectivity index (χ4n) is 0. The summed E-state index contributed by atoms with van der Waals surface area (Å²) >= 11 is 0. The Labute approximate surface area is 176 Å². The number of carbonyl (C=O) groups is 1. The first kappa shape index (κ1) is 38.1.